The molecule has 0 saturated heterocycles. The topological polar surface area (TPSA) is 60.0 Å². The van der Waals surface area contributed by atoms with Gasteiger partial charge in [-0.1, -0.05) is 30.7 Å². The number of halogens is 1. The highest BCUT2D eigenvalue weighted by molar-refractivity contribution is 6.34. The van der Waals surface area contributed by atoms with Crippen LogP contribution < -0.4 is 5.32 Å². The van der Waals surface area contributed by atoms with Crippen LogP contribution in [0.3, 0.4) is 0 Å². The lowest BCUT2D eigenvalue weighted by molar-refractivity contribution is 0.495. The number of anilines is 1. The van der Waals surface area contributed by atoms with E-state index in [2.05, 4.69) is 33.0 Å². The van der Waals surface area contributed by atoms with Gasteiger partial charge in [0.15, 0.2) is 5.65 Å². The minimum absolute atomic E-state index is 0.418. The second kappa shape index (κ2) is 6.61. The second-order valence-electron chi connectivity index (χ2n) is 6.73. The fourth-order valence-electron chi connectivity index (χ4n) is 3.19. The number of nitrogens with one attached hydrogen (secondary N) is 1. The summed E-state index contributed by atoms with van der Waals surface area (Å²) in [5.74, 6) is 2.29. The Morgan fingerprint density at radius 1 is 1.23 bits per heavy atom. The Labute approximate surface area is 156 Å². The van der Waals surface area contributed by atoms with E-state index in [0.29, 0.717) is 16.6 Å². The Bertz CT molecular complexity index is 1080. The third-order valence-corrected chi connectivity index (χ3v) is 5.06. The number of hydrogen-bond acceptors (Lipinski definition) is 4. The molecule has 0 spiro atoms. The van der Waals surface area contributed by atoms with Gasteiger partial charge in [0.2, 0.25) is 0 Å². The quantitative estimate of drug-likeness (QED) is 0.576. The lowest BCUT2D eigenvalue weighted by Gasteiger charge is -2.16. The third-order valence-electron chi connectivity index (χ3n) is 4.62. The highest BCUT2D eigenvalue weighted by Gasteiger charge is 2.15. The average molecular weight is 369 g/mol. The molecule has 7 heteroatoms. The van der Waals surface area contributed by atoms with Crippen molar-refractivity contribution in [3.63, 3.8) is 0 Å². The molecule has 1 unspecified atom stereocenters. The smallest absolute Gasteiger partial charge is 0.176 e. The summed E-state index contributed by atoms with van der Waals surface area (Å²) in [6.45, 7) is 7.84. The van der Waals surface area contributed by atoms with Crippen molar-refractivity contribution in [2.45, 2.75) is 27.3 Å². The molecule has 6 nitrogen and oxygen atoms in total. The van der Waals surface area contributed by atoms with Crippen LogP contribution in [0.25, 0.3) is 16.6 Å². The first-order valence-electron chi connectivity index (χ1n) is 8.69. The largest absolute Gasteiger partial charge is 0.369 e. The van der Waals surface area contributed by atoms with E-state index in [1.54, 1.807) is 0 Å². The number of fused-ring (bicyclic) bond motifs is 3. The summed E-state index contributed by atoms with van der Waals surface area (Å²) in [4.78, 5) is 9.03. The first kappa shape index (κ1) is 16.8. The lowest BCUT2D eigenvalue weighted by atomic mass is 10.1. The van der Waals surface area contributed by atoms with Crippen molar-refractivity contribution >= 4 is 34.0 Å². The van der Waals surface area contributed by atoms with Crippen LogP contribution in [-0.4, -0.2) is 30.7 Å². The molecular weight excluding hydrogens is 348 g/mol. The van der Waals surface area contributed by atoms with Gasteiger partial charge in [0.25, 0.3) is 0 Å². The van der Waals surface area contributed by atoms with Crippen LogP contribution in [0.2, 0.25) is 5.02 Å². The van der Waals surface area contributed by atoms with Crippen LogP contribution in [0.1, 0.15) is 18.4 Å². The van der Waals surface area contributed by atoms with Crippen LogP contribution >= 0.6 is 11.6 Å². The normalized spacial score (nSPS) is 12.8. The zero-order valence-electron chi connectivity index (χ0n) is 15.1. The van der Waals surface area contributed by atoms with Gasteiger partial charge in [0.1, 0.15) is 16.7 Å². The van der Waals surface area contributed by atoms with E-state index in [0.717, 1.165) is 41.3 Å². The number of benzene rings is 1. The van der Waals surface area contributed by atoms with Crippen LogP contribution in [0.5, 0.6) is 0 Å². The van der Waals surface area contributed by atoms with E-state index < -0.39 is 0 Å². The maximum atomic E-state index is 6.41. The number of para-hydroxylation sites is 1. The second-order valence-corrected chi connectivity index (χ2v) is 7.10. The fraction of sp³-hybridized carbons (Fsp3) is 0.316. The highest BCUT2D eigenvalue weighted by atomic mass is 35.5. The van der Waals surface area contributed by atoms with Crippen molar-refractivity contribution in [1.29, 1.82) is 0 Å². The highest BCUT2D eigenvalue weighted by Crippen LogP contribution is 2.28. The molecule has 0 aliphatic heterocycles. The molecule has 4 rings (SSSR count). The number of rotatable bonds is 5. The fourth-order valence-corrected chi connectivity index (χ4v) is 3.35. The summed E-state index contributed by atoms with van der Waals surface area (Å²) in [6.07, 6.45) is 3.85. The van der Waals surface area contributed by atoms with Gasteiger partial charge in [-0.2, -0.15) is 5.10 Å². The van der Waals surface area contributed by atoms with Gasteiger partial charge in [0, 0.05) is 30.9 Å². The van der Waals surface area contributed by atoms with E-state index in [1.807, 2.05) is 49.0 Å². The molecule has 0 amide bonds. The van der Waals surface area contributed by atoms with E-state index in [4.69, 9.17) is 16.6 Å². The summed E-state index contributed by atoms with van der Waals surface area (Å²) in [7, 11) is 0. The van der Waals surface area contributed by atoms with Gasteiger partial charge >= 0.3 is 0 Å². The number of hydrogen-bond donors (Lipinski definition) is 1. The van der Waals surface area contributed by atoms with E-state index >= 15 is 0 Å². The zero-order chi connectivity index (χ0) is 18.3. The van der Waals surface area contributed by atoms with Crippen molar-refractivity contribution < 1.29 is 0 Å². The minimum Gasteiger partial charge on any atom is -0.369 e. The molecule has 26 heavy (non-hydrogen) atoms. The standard InChI is InChI=1S/C19H21ClN6/c1-12(11-25-9-8-21-14(25)3)10-22-18-15-6-4-5-7-16(15)26-19(23-18)17(20)13(2)24-26/h4-9,12H,10-11H2,1-3H3,(H,22,23). The minimum atomic E-state index is 0.418. The molecule has 3 aromatic heterocycles. The molecule has 0 bridgehead atoms. The number of nitrogens with zero attached hydrogens (tertiary/aromatic N) is 5. The molecule has 0 fully saturated rings. The number of imidazole rings is 1. The van der Waals surface area contributed by atoms with Crippen LogP contribution in [0, 0.1) is 19.8 Å². The molecule has 134 valence electrons. The number of aryl methyl sites for hydroxylation is 2. The Morgan fingerprint density at radius 2 is 2.04 bits per heavy atom. The maximum absolute atomic E-state index is 6.41. The zero-order valence-corrected chi connectivity index (χ0v) is 15.8. The van der Waals surface area contributed by atoms with E-state index in [9.17, 15) is 0 Å². The SMILES string of the molecule is Cc1nn2c(nc(NCC(C)Cn3ccnc3C)c3ccccc32)c1Cl. The predicted molar refractivity (Wildman–Crippen MR) is 105 cm³/mol. The summed E-state index contributed by atoms with van der Waals surface area (Å²) >= 11 is 6.41. The van der Waals surface area contributed by atoms with Crippen molar-refractivity contribution in [2.24, 2.45) is 5.92 Å². The lowest BCUT2D eigenvalue weighted by Crippen LogP contribution is -2.18. The molecule has 0 saturated carbocycles. The van der Waals surface area contributed by atoms with Gasteiger partial charge in [-0.15, -0.1) is 0 Å². The Hall–Kier alpha value is -2.60. The molecular formula is C19H21ClN6. The van der Waals surface area contributed by atoms with Crippen LogP contribution in [-0.2, 0) is 6.54 Å². The first-order chi connectivity index (χ1) is 12.5. The molecule has 0 radical (unpaired) electrons. The molecule has 0 aliphatic carbocycles. The van der Waals surface area contributed by atoms with E-state index in [-0.39, 0.29) is 0 Å². The predicted octanol–water partition coefficient (Wildman–Crippen LogP) is 4.10. The molecule has 1 aromatic carbocycles. The number of aromatic nitrogens is 5. The van der Waals surface area contributed by atoms with Crippen molar-refractivity contribution in [1.82, 2.24) is 24.1 Å². The van der Waals surface area contributed by atoms with Gasteiger partial charge in [-0.25, -0.2) is 14.5 Å². The monoisotopic (exact) mass is 368 g/mol. The third kappa shape index (κ3) is 2.90. The molecule has 1 atom stereocenters. The average Bonchev–Trinajstić information content (AvgIpc) is 3.17. The van der Waals surface area contributed by atoms with E-state index in [1.165, 1.54) is 0 Å². The summed E-state index contributed by atoms with van der Waals surface area (Å²) in [5.41, 5.74) is 2.46. The Morgan fingerprint density at radius 3 is 2.81 bits per heavy atom. The van der Waals surface area contributed by atoms with Crippen LogP contribution in [0.15, 0.2) is 36.7 Å². The summed E-state index contributed by atoms with van der Waals surface area (Å²) in [6, 6.07) is 8.11. The van der Waals surface area contributed by atoms with Crippen molar-refractivity contribution in [3.8, 4) is 0 Å². The van der Waals surface area contributed by atoms with Gasteiger partial charge < -0.3 is 9.88 Å². The molecule has 0 aliphatic rings. The summed E-state index contributed by atoms with van der Waals surface area (Å²) < 4.78 is 3.98. The van der Waals surface area contributed by atoms with Gasteiger partial charge in [-0.3, -0.25) is 0 Å². The Kier molecular flexibility index (Phi) is 4.28. The maximum Gasteiger partial charge on any atom is 0.176 e. The first-order valence-corrected chi connectivity index (χ1v) is 9.07. The van der Waals surface area contributed by atoms with Gasteiger partial charge in [0.05, 0.1) is 11.2 Å². The Balaban J connectivity index is 1.65. The molecule has 3 heterocycles. The summed E-state index contributed by atoms with van der Waals surface area (Å²) in [5, 5.41) is 9.65. The van der Waals surface area contributed by atoms with Crippen molar-refractivity contribution in [2.75, 3.05) is 11.9 Å². The molecule has 4 aromatic rings. The van der Waals surface area contributed by atoms with Crippen LogP contribution in [0.4, 0.5) is 5.82 Å². The van der Waals surface area contributed by atoms with Gasteiger partial charge in [-0.05, 0) is 31.9 Å². The van der Waals surface area contributed by atoms with Crippen molar-refractivity contribution in [3.05, 3.63) is 53.2 Å². The molecule has 1 N–H and O–H groups in total.